The van der Waals surface area contributed by atoms with Crippen molar-refractivity contribution in [2.24, 2.45) is 5.92 Å². The van der Waals surface area contributed by atoms with E-state index in [2.05, 4.69) is 0 Å². The van der Waals surface area contributed by atoms with Crippen LogP contribution < -0.4 is 0 Å². The van der Waals surface area contributed by atoms with E-state index in [9.17, 15) is 49.4 Å². The van der Waals surface area contributed by atoms with Crippen LogP contribution in [0.3, 0.4) is 0 Å². The average Bonchev–Trinajstić information content (AvgIpc) is 2.88. The van der Waals surface area contributed by atoms with E-state index in [0.29, 0.717) is 23.1 Å². The van der Waals surface area contributed by atoms with Gasteiger partial charge in [0.25, 0.3) is 0 Å². The van der Waals surface area contributed by atoms with Crippen molar-refractivity contribution >= 4 is 5.97 Å². The van der Waals surface area contributed by atoms with Gasteiger partial charge in [-0.05, 0) is 78.4 Å². The van der Waals surface area contributed by atoms with Crippen molar-refractivity contribution in [3.8, 4) is 0 Å². The molecule has 0 aliphatic carbocycles. The molecule has 12 heteroatoms. The van der Waals surface area contributed by atoms with Crippen LogP contribution in [-0.4, -0.2) is 22.5 Å². The third-order valence-corrected chi connectivity index (χ3v) is 7.28. The molecule has 0 radical (unpaired) electrons. The number of carbonyl (C=O) groups is 1. The number of nitrogens with zero attached hydrogens (tertiary/aromatic N) is 1. The molecule has 3 aromatic carbocycles. The van der Waals surface area contributed by atoms with E-state index < -0.39 is 53.3 Å². The van der Waals surface area contributed by atoms with Gasteiger partial charge in [0.1, 0.15) is 0 Å². The lowest BCUT2D eigenvalue weighted by Crippen LogP contribution is -2.40. The highest BCUT2D eigenvalue weighted by atomic mass is 19.4. The Bertz CT molecular complexity index is 1270. The first-order valence-corrected chi connectivity index (χ1v) is 12.5. The summed E-state index contributed by atoms with van der Waals surface area (Å²) >= 11 is 0. The summed E-state index contributed by atoms with van der Waals surface area (Å²) in [4.78, 5) is 13.2. The topological polar surface area (TPSA) is 40.5 Å². The maximum Gasteiger partial charge on any atom is 0.416 e. The normalized spacial score (nSPS) is 19.0. The largest absolute Gasteiger partial charge is 0.481 e. The van der Waals surface area contributed by atoms with E-state index in [0.717, 1.165) is 36.4 Å². The smallest absolute Gasteiger partial charge is 0.416 e. The molecule has 1 aliphatic heterocycles. The molecule has 1 aliphatic rings. The number of hydrogen-bond acceptors (Lipinski definition) is 2. The zero-order valence-corrected chi connectivity index (χ0v) is 21.2. The second-order valence-corrected chi connectivity index (χ2v) is 10.0. The number of carboxylic acid groups (broad SMARTS) is 1. The summed E-state index contributed by atoms with van der Waals surface area (Å²) in [6, 6.07) is 11.1. The van der Waals surface area contributed by atoms with Crippen molar-refractivity contribution in [1.82, 2.24) is 4.90 Å². The summed E-state index contributed by atoms with van der Waals surface area (Å²) in [7, 11) is 0. The molecule has 1 fully saturated rings. The number of hydrogen-bond donors (Lipinski definition) is 1. The molecule has 2 unspecified atom stereocenters. The molecule has 1 N–H and O–H groups in total. The van der Waals surface area contributed by atoms with Crippen molar-refractivity contribution < 1.29 is 49.4 Å². The Morgan fingerprint density at radius 3 is 1.46 bits per heavy atom. The third kappa shape index (κ3) is 7.22. The van der Waals surface area contributed by atoms with Crippen LogP contribution in [0.15, 0.2) is 72.8 Å². The van der Waals surface area contributed by atoms with Gasteiger partial charge in [0.15, 0.2) is 0 Å². The van der Waals surface area contributed by atoms with Gasteiger partial charge in [0.05, 0.1) is 22.7 Å². The number of rotatable bonds is 6. The molecule has 1 heterocycles. The van der Waals surface area contributed by atoms with E-state index in [1.54, 1.807) is 4.90 Å². The average molecular weight is 589 g/mol. The Morgan fingerprint density at radius 2 is 1.10 bits per heavy atom. The van der Waals surface area contributed by atoms with Gasteiger partial charge < -0.3 is 5.11 Å². The SMILES string of the molecule is O=C(O)CC1CCN(C(c2ccc(C(F)(F)F)cc2)c2ccc(C(F)(F)F)cc2)C(c2ccc(C(F)(F)F)cc2)C1. The Hall–Kier alpha value is -3.54. The summed E-state index contributed by atoms with van der Waals surface area (Å²) < 4.78 is 119. The molecule has 41 heavy (non-hydrogen) atoms. The molecule has 220 valence electrons. The number of carboxylic acids is 1. The summed E-state index contributed by atoms with van der Waals surface area (Å²) in [5.41, 5.74) is -1.68. The molecule has 3 aromatic rings. The van der Waals surface area contributed by atoms with Crippen molar-refractivity contribution in [2.75, 3.05) is 6.54 Å². The third-order valence-electron chi connectivity index (χ3n) is 7.28. The predicted molar refractivity (Wildman–Crippen MR) is 131 cm³/mol. The molecule has 0 bridgehead atoms. The lowest BCUT2D eigenvalue weighted by Gasteiger charge is -2.44. The number of likely N-dealkylation sites (tertiary alicyclic amines) is 1. The van der Waals surface area contributed by atoms with Gasteiger partial charge in [0.2, 0.25) is 0 Å². The fourth-order valence-electron chi connectivity index (χ4n) is 5.30. The Labute approximate surface area is 229 Å². The highest BCUT2D eigenvalue weighted by Crippen LogP contribution is 2.45. The van der Waals surface area contributed by atoms with E-state index in [1.165, 1.54) is 36.4 Å². The maximum absolute atomic E-state index is 13.3. The molecule has 0 amide bonds. The standard InChI is InChI=1S/C29H24F9NO2/c30-27(31,32)21-7-1-18(2-8-21)24-15-17(16-25(40)41)13-14-39(24)26(19-3-9-22(10-4-19)28(33,34)35)20-5-11-23(12-6-20)29(36,37)38/h1-12,17,24,26H,13-16H2,(H,40,41). The van der Waals surface area contributed by atoms with Crippen LogP contribution in [0.1, 0.15) is 64.7 Å². The van der Waals surface area contributed by atoms with Crippen LogP contribution in [0, 0.1) is 5.92 Å². The van der Waals surface area contributed by atoms with Gasteiger partial charge in [-0.15, -0.1) is 0 Å². The van der Waals surface area contributed by atoms with Gasteiger partial charge in [-0.1, -0.05) is 36.4 Å². The first-order valence-electron chi connectivity index (χ1n) is 12.5. The molecular weight excluding hydrogens is 565 g/mol. The van der Waals surface area contributed by atoms with E-state index >= 15 is 0 Å². The minimum atomic E-state index is -4.62. The van der Waals surface area contributed by atoms with Crippen LogP contribution in [0.2, 0.25) is 0 Å². The van der Waals surface area contributed by atoms with Crippen molar-refractivity contribution in [1.29, 1.82) is 0 Å². The number of piperidine rings is 1. The van der Waals surface area contributed by atoms with Crippen molar-refractivity contribution in [3.63, 3.8) is 0 Å². The maximum atomic E-state index is 13.3. The van der Waals surface area contributed by atoms with Crippen LogP contribution in [0.5, 0.6) is 0 Å². The van der Waals surface area contributed by atoms with Crippen LogP contribution in [-0.2, 0) is 23.3 Å². The second kappa shape index (κ2) is 11.4. The molecule has 2 atom stereocenters. The van der Waals surface area contributed by atoms with Gasteiger partial charge >= 0.3 is 24.5 Å². The van der Waals surface area contributed by atoms with Crippen molar-refractivity contribution in [2.45, 2.75) is 49.9 Å². The number of halogens is 9. The van der Waals surface area contributed by atoms with E-state index in [1.807, 2.05) is 0 Å². The highest BCUT2D eigenvalue weighted by molar-refractivity contribution is 5.67. The second-order valence-electron chi connectivity index (χ2n) is 10.0. The molecule has 4 rings (SSSR count). The van der Waals surface area contributed by atoms with E-state index in [-0.39, 0.29) is 25.3 Å². The first-order chi connectivity index (χ1) is 19.0. The minimum absolute atomic E-state index is 0.191. The Kier molecular flexibility index (Phi) is 8.45. The summed E-state index contributed by atoms with van der Waals surface area (Å²) in [6.45, 7) is 0.191. The first kappa shape index (κ1) is 30.4. The monoisotopic (exact) mass is 589 g/mol. The van der Waals surface area contributed by atoms with Crippen LogP contribution >= 0.6 is 0 Å². The molecule has 1 saturated heterocycles. The molecular formula is C29H24F9NO2. The zero-order chi connectivity index (χ0) is 30.2. The number of alkyl halides is 9. The van der Waals surface area contributed by atoms with Gasteiger partial charge in [-0.3, -0.25) is 9.69 Å². The lowest BCUT2D eigenvalue weighted by atomic mass is 9.82. The Morgan fingerprint density at radius 1 is 0.707 bits per heavy atom. The van der Waals surface area contributed by atoms with Crippen LogP contribution in [0.25, 0.3) is 0 Å². The zero-order valence-electron chi connectivity index (χ0n) is 21.2. The highest BCUT2D eigenvalue weighted by Gasteiger charge is 2.38. The summed E-state index contributed by atoms with van der Waals surface area (Å²) in [5.74, 6) is -1.41. The molecule has 0 spiro atoms. The van der Waals surface area contributed by atoms with Gasteiger partial charge in [-0.25, -0.2) is 0 Å². The molecule has 3 nitrogen and oxygen atoms in total. The van der Waals surface area contributed by atoms with Crippen molar-refractivity contribution in [3.05, 3.63) is 106 Å². The lowest BCUT2D eigenvalue weighted by molar-refractivity contribution is -0.139. The number of benzene rings is 3. The number of aliphatic carboxylic acids is 1. The molecule has 0 aromatic heterocycles. The Balaban J connectivity index is 1.81. The molecule has 0 saturated carbocycles. The fraction of sp³-hybridized carbons (Fsp3) is 0.345. The van der Waals surface area contributed by atoms with Gasteiger partial charge in [0, 0.05) is 12.5 Å². The summed E-state index contributed by atoms with van der Waals surface area (Å²) in [6.07, 6.45) is -13.5. The van der Waals surface area contributed by atoms with Gasteiger partial charge in [-0.2, -0.15) is 39.5 Å². The minimum Gasteiger partial charge on any atom is -0.481 e. The fourth-order valence-corrected chi connectivity index (χ4v) is 5.30. The predicted octanol–water partition coefficient (Wildman–Crippen LogP) is 8.76. The van der Waals surface area contributed by atoms with E-state index in [4.69, 9.17) is 0 Å². The quantitative estimate of drug-likeness (QED) is 0.292. The van der Waals surface area contributed by atoms with Crippen LogP contribution in [0.4, 0.5) is 39.5 Å². The summed E-state index contributed by atoms with van der Waals surface area (Å²) in [5, 5.41) is 9.34.